The van der Waals surface area contributed by atoms with Crippen molar-refractivity contribution in [3.63, 3.8) is 0 Å². The zero-order chi connectivity index (χ0) is 14.5. The van der Waals surface area contributed by atoms with Gasteiger partial charge in [-0.05, 0) is 44.2 Å². The van der Waals surface area contributed by atoms with Crippen LogP contribution in [-0.2, 0) is 17.6 Å². The number of pyridine rings is 1. The van der Waals surface area contributed by atoms with Crippen LogP contribution < -0.4 is 10.6 Å². The van der Waals surface area contributed by atoms with E-state index in [1.807, 2.05) is 0 Å². The summed E-state index contributed by atoms with van der Waals surface area (Å²) < 4.78 is 5.15. The van der Waals surface area contributed by atoms with Gasteiger partial charge in [-0.3, -0.25) is 5.41 Å². The van der Waals surface area contributed by atoms with Gasteiger partial charge in [0, 0.05) is 25.9 Å². The highest BCUT2D eigenvalue weighted by molar-refractivity contribution is 5.99. The van der Waals surface area contributed by atoms with Crippen molar-refractivity contribution < 1.29 is 4.74 Å². The molecule has 5 nitrogen and oxygen atoms in total. The van der Waals surface area contributed by atoms with Gasteiger partial charge in [0.15, 0.2) is 0 Å². The second-order valence-electron chi connectivity index (χ2n) is 5.16. The molecule has 0 atom stereocenters. The van der Waals surface area contributed by atoms with Crippen molar-refractivity contribution in [1.82, 2.24) is 4.98 Å². The Morgan fingerprint density at radius 2 is 2.20 bits per heavy atom. The van der Waals surface area contributed by atoms with E-state index in [0.29, 0.717) is 6.61 Å². The second kappa shape index (κ2) is 6.70. The van der Waals surface area contributed by atoms with Crippen LogP contribution in [0.5, 0.6) is 0 Å². The molecule has 5 heteroatoms. The fourth-order valence-corrected chi connectivity index (χ4v) is 2.68. The number of ether oxygens (including phenoxy) is 1. The number of rotatable bonds is 6. The van der Waals surface area contributed by atoms with E-state index in [1.165, 1.54) is 24.1 Å². The number of fused-ring (bicyclic) bond motifs is 1. The Bertz CT molecular complexity index is 487. The van der Waals surface area contributed by atoms with E-state index >= 15 is 0 Å². The summed E-state index contributed by atoms with van der Waals surface area (Å²) in [7, 11) is 1.69. The SMILES string of the molecule is CCN(CCOC)c1nc2c(cc1C(=N)N)CCCC2. The van der Waals surface area contributed by atoms with Crippen molar-refractivity contribution >= 4 is 11.7 Å². The zero-order valence-corrected chi connectivity index (χ0v) is 12.4. The van der Waals surface area contributed by atoms with Crippen LogP contribution in [-0.4, -0.2) is 37.6 Å². The summed E-state index contributed by atoms with van der Waals surface area (Å²) >= 11 is 0. The third kappa shape index (κ3) is 3.10. The van der Waals surface area contributed by atoms with Crippen LogP contribution in [0, 0.1) is 5.41 Å². The Kier molecular flexibility index (Phi) is 4.95. The average Bonchev–Trinajstić information content (AvgIpc) is 2.47. The molecule has 0 aliphatic heterocycles. The Hall–Kier alpha value is -1.62. The summed E-state index contributed by atoms with van der Waals surface area (Å²) in [5.41, 5.74) is 8.94. The molecule has 0 spiro atoms. The molecule has 3 N–H and O–H groups in total. The summed E-state index contributed by atoms with van der Waals surface area (Å²) in [4.78, 5) is 6.94. The monoisotopic (exact) mass is 276 g/mol. The molecule has 0 radical (unpaired) electrons. The van der Waals surface area contributed by atoms with Gasteiger partial charge in [0.2, 0.25) is 0 Å². The molecule has 0 bridgehead atoms. The number of likely N-dealkylation sites (N-methyl/N-ethyl adjacent to an activating group) is 1. The van der Waals surface area contributed by atoms with Gasteiger partial charge in [-0.15, -0.1) is 0 Å². The van der Waals surface area contributed by atoms with Crippen LogP contribution in [0.25, 0.3) is 0 Å². The van der Waals surface area contributed by atoms with E-state index in [4.69, 9.17) is 20.9 Å². The van der Waals surface area contributed by atoms with E-state index in [1.54, 1.807) is 7.11 Å². The maximum atomic E-state index is 7.82. The molecule has 1 aromatic rings. The van der Waals surface area contributed by atoms with Gasteiger partial charge in [-0.25, -0.2) is 4.98 Å². The van der Waals surface area contributed by atoms with E-state index in [0.717, 1.165) is 37.3 Å². The number of hydrogen-bond acceptors (Lipinski definition) is 4. The molecular formula is C15H24N4O. The molecule has 1 aliphatic carbocycles. The Morgan fingerprint density at radius 1 is 1.45 bits per heavy atom. The van der Waals surface area contributed by atoms with Gasteiger partial charge in [0.25, 0.3) is 0 Å². The Labute approximate surface area is 120 Å². The first-order valence-electron chi connectivity index (χ1n) is 7.28. The summed E-state index contributed by atoms with van der Waals surface area (Å²) in [6, 6.07) is 2.06. The fourth-order valence-electron chi connectivity index (χ4n) is 2.68. The molecule has 0 aromatic carbocycles. The molecule has 0 unspecified atom stereocenters. The molecule has 20 heavy (non-hydrogen) atoms. The second-order valence-corrected chi connectivity index (χ2v) is 5.16. The average molecular weight is 276 g/mol. The normalized spacial score (nSPS) is 13.9. The fraction of sp³-hybridized carbons (Fsp3) is 0.600. The predicted octanol–water partition coefficient (Wildman–Crippen LogP) is 1.72. The number of nitrogens with zero attached hydrogens (tertiary/aromatic N) is 2. The molecule has 1 heterocycles. The first-order chi connectivity index (χ1) is 9.67. The van der Waals surface area contributed by atoms with Crippen LogP contribution in [0.3, 0.4) is 0 Å². The highest BCUT2D eigenvalue weighted by Crippen LogP contribution is 2.26. The molecule has 0 amide bonds. The van der Waals surface area contributed by atoms with Crippen LogP contribution >= 0.6 is 0 Å². The van der Waals surface area contributed by atoms with Gasteiger partial charge in [0.05, 0.1) is 12.2 Å². The molecule has 110 valence electrons. The molecule has 2 rings (SSSR count). The highest BCUT2D eigenvalue weighted by atomic mass is 16.5. The summed E-state index contributed by atoms with van der Waals surface area (Å²) in [5.74, 6) is 0.925. The van der Waals surface area contributed by atoms with E-state index in [9.17, 15) is 0 Å². The number of hydrogen-bond donors (Lipinski definition) is 2. The van der Waals surface area contributed by atoms with Crippen molar-refractivity contribution in [2.75, 3.05) is 31.7 Å². The molecule has 0 fully saturated rings. The maximum Gasteiger partial charge on any atom is 0.139 e. The number of nitrogens with two attached hydrogens (primary N) is 1. The first-order valence-corrected chi connectivity index (χ1v) is 7.28. The van der Waals surface area contributed by atoms with Crippen molar-refractivity contribution in [3.05, 3.63) is 22.9 Å². The maximum absolute atomic E-state index is 7.82. The third-order valence-corrected chi connectivity index (χ3v) is 3.82. The topological polar surface area (TPSA) is 75.2 Å². The van der Waals surface area contributed by atoms with Gasteiger partial charge in [-0.2, -0.15) is 0 Å². The van der Waals surface area contributed by atoms with Gasteiger partial charge in [-0.1, -0.05) is 0 Å². The molecular weight excluding hydrogens is 252 g/mol. The number of aryl methyl sites for hydroxylation is 2. The van der Waals surface area contributed by atoms with E-state index in [-0.39, 0.29) is 5.84 Å². The number of anilines is 1. The lowest BCUT2D eigenvalue weighted by atomic mass is 9.94. The molecule has 0 saturated heterocycles. The molecule has 1 aromatic heterocycles. The minimum Gasteiger partial charge on any atom is -0.384 e. The highest BCUT2D eigenvalue weighted by Gasteiger charge is 2.19. The number of nitrogen functional groups attached to an aromatic ring is 1. The summed E-state index contributed by atoms with van der Waals surface area (Å²) in [5, 5.41) is 7.82. The van der Waals surface area contributed by atoms with Crippen LogP contribution in [0.1, 0.15) is 36.6 Å². The largest absolute Gasteiger partial charge is 0.384 e. The lowest BCUT2D eigenvalue weighted by Gasteiger charge is -2.26. The lowest BCUT2D eigenvalue weighted by Crippen LogP contribution is -2.31. The van der Waals surface area contributed by atoms with Crippen molar-refractivity contribution in [3.8, 4) is 0 Å². The van der Waals surface area contributed by atoms with Gasteiger partial charge >= 0.3 is 0 Å². The van der Waals surface area contributed by atoms with Crippen molar-refractivity contribution in [2.24, 2.45) is 5.73 Å². The Balaban J connectivity index is 2.40. The predicted molar refractivity (Wildman–Crippen MR) is 81.7 cm³/mol. The van der Waals surface area contributed by atoms with Crippen molar-refractivity contribution in [2.45, 2.75) is 32.6 Å². The number of aromatic nitrogens is 1. The van der Waals surface area contributed by atoms with Crippen LogP contribution in [0.4, 0.5) is 5.82 Å². The smallest absolute Gasteiger partial charge is 0.139 e. The zero-order valence-electron chi connectivity index (χ0n) is 12.4. The number of methoxy groups -OCH3 is 1. The lowest BCUT2D eigenvalue weighted by molar-refractivity contribution is 0.205. The quantitative estimate of drug-likeness (QED) is 0.613. The first kappa shape index (κ1) is 14.8. The molecule has 1 aliphatic rings. The summed E-state index contributed by atoms with van der Waals surface area (Å²) in [6.45, 7) is 4.32. The Morgan fingerprint density at radius 3 is 2.85 bits per heavy atom. The number of nitrogens with one attached hydrogen (secondary N) is 1. The van der Waals surface area contributed by atoms with Crippen molar-refractivity contribution in [1.29, 1.82) is 5.41 Å². The van der Waals surface area contributed by atoms with E-state index in [2.05, 4.69) is 17.9 Å². The van der Waals surface area contributed by atoms with Crippen LogP contribution in [0.15, 0.2) is 6.07 Å². The molecule has 0 saturated carbocycles. The standard InChI is InChI=1S/C15H24N4O/c1-3-19(8-9-20-2)15-12(14(16)17)10-11-6-4-5-7-13(11)18-15/h10H,3-9H2,1-2H3,(H3,16,17). The summed E-state index contributed by atoms with van der Waals surface area (Å²) in [6.07, 6.45) is 4.48. The van der Waals surface area contributed by atoms with Crippen LogP contribution in [0.2, 0.25) is 0 Å². The van der Waals surface area contributed by atoms with E-state index < -0.39 is 0 Å². The minimum atomic E-state index is 0.0942. The van der Waals surface area contributed by atoms with Gasteiger partial charge in [0.1, 0.15) is 11.7 Å². The minimum absolute atomic E-state index is 0.0942. The van der Waals surface area contributed by atoms with Gasteiger partial charge < -0.3 is 15.4 Å². The third-order valence-electron chi connectivity index (χ3n) is 3.82. The number of amidine groups is 1.